The predicted octanol–water partition coefficient (Wildman–Crippen LogP) is 3.47. The van der Waals surface area contributed by atoms with Crippen molar-refractivity contribution in [1.82, 2.24) is 14.5 Å². The van der Waals surface area contributed by atoms with E-state index in [9.17, 15) is 22.8 Å². The minimum atomic E-state index is -4.04. The molecule has 1 heterocycles. The van der Waals surface area contributed by atoms with Gasteiger partial charge in [-0.25, -0.2) is 12.7 Å². The maximum Gasteiger partial charge on any atom is 0.269 e. The van der Waals surface area contributed by atoms with E-state index < -0.39 is 27.9 Å². The minimum absolute atomic E-state index is 0.0192. The molecule has 0 aromatic heterocycles. The highest BCUT2D eigenvalue weighted by Gasteiger charge is 2.41. The summed E-state index contributed by atoms with van der Waals surface area (Å²) in [5.41, 5.74) is 0.660. The lowest BCUT2D eigenvalue weighted by Crippen LogP contribution is -2.49. The molecule has 0 aliphatic carbocycles. The summed E-state index contributed by atoms with van der Waals surface area (Å²) in [6.07, 6.45) is 0.0369. The van der Waals surface area contributed by atoms with Crippen molar-refractivity contribution in [3.05, 3.63) is 63.6 Å². The van der Waals surface area contributed by atoms with Crippen LogP contribution in [0.4, 0.5) is 0 Å². The molecule has 8 nitrogen and oxygen atoms in total. The second-order valence-electron chi connectivity index (χ2n) is 7.70. The van der Waals surface area contributed by atoms with Crippen molar-refractivity contribution in [1.29, 1.82) is 0 Å². The van der Waals surface area contributed by atoms with E-state index in [1.54, 1.807) is 38.1 Å². The molecule has 1 N–H and O–H groups in total. The summed E-state index contributed by atoms with van der Waals surface area (Å²) < 4.78 is 26.3. The molecular formula is C23H25Cl2N3O5S. The van der Waals surface area contributed by atoms with Crippen LogP contribution >= 0.6 is 23.2 Å². The number of nitrogens with one attached hydrogen (secondary N) is 1. The smallest absolute Gasteiger partial charge is 0.269 e. The van der Waals surface area contributed by atoms with Crippen molar-refractivity contribution in [2.75, 3.05) is 13.1 Å². The van der Waals surface area contributed by atoms with Gasteiger partial charge in [0.05, 0.1) is 5.56 Å². The Morgan fingerprint density at radius 3 is 2.44 bits per heavy atom. The molecule has 0 fully saturated rings. The van der Waals surface area contributed by atoms with E-state index in [0.717, 1.165) is 0 Å². The fourth-order valence-corrected chi connectivity index (χ4v) is 5.88. The fourth-order valence-electron chi connectivity index (χ4n) is 3.84. The number of likely N-dealkylation sites (N-methyl/N-ethyl adjacent to an activating group) is 1. The minimum Gasteiger partial charge on any atom is -0.355 e. The molecule has 1 aliphatic rings. The second-order valence-corrected chi connectivity index (χ2v) is 10.4. The lowest BCUT2D eigenvalue weighted by molar-refractivity contribution is -0.141. The van der Waals surface area contributed by atoms with Crippen LogP contribution in [0.2, 0.25) is 10.0 Å². The van der Waals surface area contributed by atoms with Gasteiger partial charge in [0, 0.05) is 36.1 Å². The second kappa shape index (κ2) is 10.8. The molecule has 1 aliphatic heterocycles. The molecule has 0 unspecified atom stereocenters. The maximum atomic E-state index is 13.3. The third kappa shape index (κ3) is 5.21. The molecule has 0 bridgehead atoms. The number of benzene rings is 2. The summed E-state index contributed by atoms with van der Waals surface area (Å²) in [5, 5.41) is 3.49. The Morgan fingerprint density at radius 1 is 1.12 bits per heavy atom. The zero-order valence-corrected chi connectivity index (χ0v) is 21.1. The summed E-state index contributed by atoms with van der Waals surface area (Å²) in [5.74, 6) is -1.49. The number of fused-ring (bicyclic) bond motifs is 1. The quantitative estimate of drug-likeness (QED) is 0.539. The number of carbonyl (C=O) groups excluding carboxylic acids is 3. The van der Waals surface area contributed by atoms with E-state index in [-0.39, 0.29) is 35.9 Å². The Morgan fingerprint density at radius 2 is 1.82 bits per heavy atom. The summed E-state index contributed by atoms with van der Waals surface area (Å²) in [7, 11) is -4.04. The number of amides is 3. The Labute approximate surface area is 208 Å². The van der Waals surface area contributed by atoms with Gasteiger partial charge in [-0.15, -0.1) is 0 Å². The van der Waals surface area contributed by atoms with Crippen molar-refractivity contribution < 1.29 is 22.8 Å². The van der Waals surface area contributed by atoms with Crippen LogP contribution in [-0.2, 0) is 26.2 Å². The Hall–Kier alpha value is -2.62. The summed E-state index contributed by atoms with van der Waals surface area (Å²) in [6.45, 7) is 3.61. The van der Waals surface area contributed by atoms with E-state index >= 15 is 0 Å². The highest BCUT2D eigenvalue weighted by atomic mass is 35.5. The van der Waals surface area contributed by atoms with Crippen LogP contribution in [0.3, 0.4) is 0 Å². The first kappa shape index (κ1) is 26.0. The Bertz CT molecular complexity index is 1220. The van der Waals surface area contributed by atoms with Crippen LogP contribution in [0, 0.1) is 0 Å². The third-order valence-corrected chi connectivity index (χ3v) is 7.96. The average molecular weight is 526 g/mol. The maximum absolute atomic E-state index is 13.3. The fraction of sp³-hybridized carbons (Fsp3) is 0.348. The summed E-state index contributed by atoms with van der Waals surface area (Å²) in [6, 6.07) is 9.95. The zero-order valence-electron chi connectivity index (χ0n) is 18.8. The van der Waals surface area contributed by atoms with Gasteiger partial charge in [-0.3, -0.25) is 14.4 Å². The van der Waals surface area contributed by atoms with Crippen molar-refractivity contribution in [2.24, 2.45) is 0 Å². The number of hydrogen-bond acceptors (Lipinski definition) is 5. The molecule has 11 heteroatoms. The molecule has 1 atom stereocenters. The van der Waals surface area contributed by atoms with Gasteiger partial charge in [-0.05, 0) is 43.2 Å². The van der Waals surface area contributed by atoms with E-state index in [1.165, 1.54) is 23.1 Å². The molecule has 0 saturated carbocycles. The van der Waals surface area contributed by atoms with Gasteiger partial charge in [-0.1, -0.05) is 48.3 Å². The molecular weight excluding hydrogens is 501 g/mol. The van der Waals surface area contributed by atoms with Crippen molar-refractivity contribution in [3.8, 4) is 0 Å². The molecule has 2 aromatic carbocycles. The van der Waals surface area contributed by atoms with Crippen LogP contribution in [-0.4, -0.2) is 54.5 Å². The Balaban J connectivity index is 1.85. The SMILES string of the molecule is CCNC(=O)[C@@H](CC)N(Cc1ccc(Cl)cc1Cl)C(=O)CCN1C(=O)c2ccccc2S1(=O)=O. The number of halogens is 2. The van der Waals surface area contributed by atoms with Gasteiger partial charge in [-0.2, -0.15) is 0 Å². The standard InChI is InChI=1S/C23H25Cl2N3O5S/c1-3-19(22(30)26-4-2)27(14-15-9-10-16(24)13-18(15)25)21(29)11-12-28-23(31)17-7-5-6-8-20(17)34(28,32)33/h5-10,13,19H,3-4,11-12,14H2,1-2H3,(H,26,30)/t19-/m1/s1. The van der Waals surface area contributed by atoms with E-state index in [2.05, 4.69) is 5.32 Å². The highest BCUT2D eigenvalue weighted by Crippen LogP contribution is 2.30. The monoisotopic (exact) mass is 525 g/mol. The average Bonchev–Trinajstić information content (AvgIpc) is 2.99. The first-order valence-electron chi connectivity index (χ1n) is 10.8. The largest absolute Gasteiger partial charge is 0.355 e. The lowest BCUT2D eigenvalue weighted by Gasteiger charge is -2.31. The number of hydrogen-bond donors (Lipinski definition) is 1. The van der Waals surface area contributed by atoms with Gasteiger partial charge in [0.2, 0.25) is 11.8 Å². The zero-order chi connectivity index (χ0) is 25.0. The van der Waals surface area contributed by atoms with Crippen LogP contribution in [0.15, 0.2) is 47.4 Å². The first-order valence-corrected chi connectivity index (χ1v) is 13.0. The molecule has 34 heavy (non-hydrogen) atoms. The van der Waals surface area contributed by atoms with Crippen LogP contribution in [0.25, 0.3) is 0 Å². The molecule has 0 radical (unpaired) electrons. The van der Waals surface area contributed by atoms with Gasteiger partial charge in [0.25, 0.3) is 15.9 Å². The molecule has 2 aromatic rings. The number of carbonyl (C=O) groups is 3. The Kier molecular flexibility index (Phi) is 8.22. The normalized spacial score (nSPS) is 15.1. The lowest BCUT2D eigenvalue weighted by atomic mass is 10.1. The van der Waals surface area contributed by atoms with Crippen molar-refractivity contribution in [3.63, 3.8) is 0 Å². The van der Waals surface area contributed by atoms with Gasteiger partial charge in [0.15, 0.2) is 0 Å². The number of rotatable bonds is 9. The van der Waals surface area contributed by atoms with E-state index in [0.29, 0.717) is 32.9 Å². The molecule has 0 spiro atoms. The van der Waals surface area contributed by atoms with Gasteiger partial charge in [0.1, 0.15) is 10.9 Å². The molecule has 182 valence electrons. The van der Waals surface area contributed by atoms with E-state index in [4.69, 9.17) is 23.2 Å². The molecule has 3 amide bonds. The van der Waals surface area contributed by atoms with Crippen molar-refractivity contribution in [2.45, 2.75) is 44.2 Å². The number of nitrogens with zero attached hydrogens (tertiary/aromatic N) is 2. The topological polar surface area (TPSA) is 104 Å². The summed E-state index contributed by atoms with van der Waals surface area (Å²) >= 11 is 12.3. The van der Waals surface area contributed by atoms with Gasteiger partial charge >= 0.3 is 0 Å². The van der Waals surface area contributed by atoms with E-state index in [1.807, 2.05) is 0 Å². The molecule has 3 rings (SSSR count). The highest BCUT2D eigenvalue weighted by molar-refractivity contribution is 7.90. The summed E-state index contributed by atoms with van der Waals surface area (Å²) in [4.78, 5) is 40.0. The van der Waals surface area contributed by atoms with Crippen LogP contribution in [0.1, 0.15) is 42.6 Å². The molecule has 0 saturated heterocycles. The third-order valence-electron chi connectivity index (χ3n) is 5.53. The number of sulfonamides is 1. The van der Waals surface area contributed by atoms with Crippen molar-refractivity contribution >= 4 is 50.9 Å². The van der Waals surface area contributed by atoms with Gasteiger partial charge < -0.3 is 10.2 Å². The first-order chi connectivity index (χ1) is 16.1. The predicted molar refractivity (Wildman–Crippen MR) is 129 cm³/mol. The van der Waals surface area contributed by atoms with Crippen LogP contribution in [0.5, 0.6) is 0 Å². The van der Waals surface area contributed by atoms with Crippen LogP contribution < -0.4 is 5.32 Å².